The first-order chi connectivity index (χ1) is 9.20. The van der Waals surface area contributed by atoms with E-state index in [2.05, 4.69) is 15.6 Å². The van der Waals surface area contributed by atoms with E-state index in [4.69, 9.17) is 5.26 Å². The van der Waals surface area contributed by atoms with E-state index < -0.39 is 0 Å². The number of carbonyl (C=O) groups is 1. The average Bonchev–Trinajstić information content (AvgIpc) is 2.48. The molecule has 0 aromatic carbocycles. The Morgan fingerprint density at radius 2 is 2.47 bits per heavy atom. The summed E-state index contributed by atoms with van der Waals surface area (Å²) in [7, 11) is 0. The summed E-state index contributed by atoms with van der Waals surface area (Å²) >= 11 is 0. The Morgan fingerprint density at radius 3 is 3.05 bits per heavy atom. The van der Waals surface area contributed by atoms with Crippen molar-refractivity contribution in [1.82, 2.24) is 15.6 Å². The predicted molar refractivity (Wildman–Crippen MR) is 71.5 cm³/mol. The van der Waals surface area contributed by atoms with Crippen LogP contribution < -0.4 is 10.6 Å². The first-order valence-corrected chi connectivity index (χ1v) is 6.58. The lowest BCUT2D eigenvalue weighted by Gasteiger charge is -2.28. The van der Waals surface area contributed by atoms with Gasteiger partial charge in [-0.1, -0.05) is 0 Å². The Hall–Kier alpha value is -1.93. The van der Waals surface area contributed by atoms with E-state index >= 15 is 0 Å². The molecule has 0 radical (unpaired) electrons. The van der Waals surface area contributed by atoms with Crippen LogP contribution >= 0.6 is 0 Å². The van der Waals surface area contributed by atoms with Gasteiger partial charge >= 0.3 is 0 Å². The van der Waals surface area contributed by atoms with Crippen molar-refractivity contribution >= 4 is 5.91 Å². The van der Waals surface area contributed by atoms with Crippen LogP contribution in [0.5, 0.6) is 0 Å². The fraction of sp³-hybridized carbons (Fsp3) is 0.500. The van der Waals surface area contributed by atoms with Crippen molar-refractivity contribution in [1.29, 1.82) is 5.26 Å². The Bertz CT molecular complexity index is 471. The van der Waals surface area contributed by atoms with Crippen molar-refractivity contribution in [2.24, 2.45) is 5.92 Å². The second-order valence-corrected chi connectivity index (χ2v) is 4.91. The van der Waals surface area contributed by atoms with E-state index in [9.17, 15) is 4.79 Å². The summed E-state index contributed by atoms with van der Waals surface area (Å²) in [6.45, 7) is 4.04. The number of rotatable bonds is 3. The van der Waals surface area contributed by atoms with E-state index in [1.807, 2.05) is 13.0 Å². The fourth-order valence-electron chi connectivity index (χ4n) is 2.30. The van der Waals surface area contributed by atoms with E-state index in [1.165, 1.54) is 6.20 Å². The van der Waals surface area contributed by atoms with Gasteiger partial charge in [0.1, 0.15) is 11.8 Å². The summed E-state index contributed by atoms with van der Waals surface area (Å²) in [6.07, 6.45) is 3.71. The molecule has 0 saturated carbocycles. The minimum Gasteiger partial charge on any atom is -0.348 e. The first kappa shape index (κ1) is 13.5. The van der Waals surface area contributed by atoms with E-state index in [-0.39, 0.29) is 11.9 Å². The van der Waals surface area contributed by atoms with Crippen LogP contribution in [-0.4, -0.2) is 30.0 Å². The van der Waals surface area contributed by atoms with Crippen LogP contribution in [0.25, 0.3) is 0 Å². The lowest BCUT2D eigenvalue weighted by molar-refractivity contribution is 0.0917. The maximum Gasteiger partial charge on any atom is 0.270 e. The zero-order chi connectivity index (χ0) is 13.7. The highest BCUT2D eigenvalue weighted by Gasteiger charge is 2.21. The van der Waals surface area contributed by atoms with Crippen molar-refractivity contribution in [2.45, 2.75) is 25.8 Å². The average molecular weight is 258 g/mol. The monoisotopic (exact) mass is 258 g/mol. The molecule has 100 valence electrons. The number of pyridine rings is 1. The van der Waals surface area contributed by atoms with Crippen LogP contribution in [-0.2, 0) is 0 Å². The molecule has 5 heteroatoms. The largest absolute Gasteiger partial charge is 0.348 e. The number of nitrogens with one attached hydrogen (secondary N) is 2. The van der Waals surface area contributed by atoms with Gasteiger partial charge < -0.3 is 10.6 Å². The van der Waals surface area contributed by atoms with Gasteiger partial charge in [-0.15, -0.1) is 0 Å². The Balaban J connectivity index is 1.94. The van der Waals surface area contributed by atoms with Crippen molar-refractivity contribution in [3.8, 4) is 6.07 Å². The molecule has 0 spiro atoms. The minimum absolute atomic E-state index is 0.123. The van der Waals surface area contributed by atoms with Gasteiger partial charge in [-0.3, -0.25) is 4.79 Å². The molecule has 0 aliphatic carbocycles. The highest BCUT2D eigenvalue weighted by atomic mass is 16.1. The molecule has 19 heavy (non-hydrogen) atoms. The van der Waals surface area contributed by atoms with Crippen LogP contribution in [0.2, 0.25) is 0 Å². The third-order valence-corrected chi connectivity index (χ3v) is 3.53. The van der Waals surface area contributed by atoms with Gasteiger partial charge in [0, 0.05) is 12.2 Å². The highest BCUT2D eigenvalue weighted by molar-refractivity contribution is 5.92. The summed E-state index contributed by atoms with van der Waals surface area (Å²) in [6, 6.07) is 5.29. The summed E-state index contributed by atoms with van der Waals surface area (Å²) < 4.78 is 0. The zero-order valence-corrected chi connectivity index (χ0v) is 11.0. The quantitative estimate of drug-likeness (QED) is 0.850. The molecule has 1 aliphatic heterocycles. The van der Waals surface area contributed by atoms with Gasteiger partial charge in [-0.25, -0.2) is 4.98 Å². The van der Waals surface area contributed by atoms with Crippen LogP contribution in [0.1, 0.15) is 35.8 Å². The van der Waals surface area contributed by atoms with Crippen molar-refractivity contribution in [3.05, 3.63) is 29.6 Å². The molecule has 1 aliphatic rings. The number of hydrogen-bond donors (Lipinski definition) is 2. The molecule has 0 bridgehead atoms. The third-order valence-electron chi connectivity index (χ3n) is 3.53. The molecule has 1 aromatic heterocycles. The van der Waals surface area contributed by atoms with E-state index in [0.717, 1.165) is 25.9 Å². The van der Waals surface area contributed by atoms with Gasteiger partial charge in [0.25, 0.3) is 5.91 Å². The van der Waals surface area contributed by atoms with Crippen LogP contribution in [0, 0.1) is 17.2 Å². The van der Waals surface area contributed by atoms with Gasteiger partial charge in [0.05, 0.1) is 5.56 Å². The maximum atomic E-state index is 12.0. The molecule has 2 rings (SSSR count). The van der Waals surface area contributed by atoms with Gasteiger partial charge in [-0.05, 0) is 50.9 Å². The second-order valence-electron chi connectivity index (χ2n) is 4.91. The molecule has 1 amide bonds. The molecule has 2 unspecified atom stereocenters. The van der Waals surface area contributed by atoms with E-state index in [1.54, 1.807) is 12.1 Å². The van der Waals surface area contributed by atoms with Crippen LogP contribution in [0.3, 0.4) is 0 Å². The highest BCUT2D eigenvalue weighted by Crippen LogP contribution is 2.14. The van der Waals surface area contributed by atoms with Crippen molar-refractivity contribution in [3.63, 3.8) is 0 Å². The molecular weight excluding hydrogens is 240 g/mol. The summed E-state index contributed by atoms with van der Waals surface area (Å²) in [5, 5.41) is 15.0. The molecule has 2 N–H and O–H groups in total. The van der Waals surface area contributed by atoms with Gasteiger partial charge in [-0.2, -0.15) is 5.26 Å². The van der Waals surface area contributed by atoms with Crippen LogP contribution in [0.4, 0.5) is 0 Å². The molecule has 1 fully saturated rings. The number of amides is 1. The van der Waals surface area contributed by atoms with Gasteiger partial charge in [0.2, 0.25) is 0 Å². The van der Waals surface area contributed by atoms with Gasteiger partial charge in [0.15, 0.2) is 0 Å². The molecule has 2 heterocycles. The smallest absolute Gasteiger partial charge is 0.270 e. The topological polar surface area (TPSA) is 77.8 Å². The second kappa shape index (κ2) is 6.30. The molecular formula is C14H18N4O. The zero-order valence-electron chi connectivity index (χ0n) is 11.0. The number of carbonyl (C=O) groups excluding carboxylic acids is 1. The van der Waals surface area contributed by atoms with Crippen molar-refractivity contribution < 1.29 is 4.79 Å². The predicted octanol–water partition coefficient (Wildman–Crippen LogP) is 1.07. The number of aromatic nitrogens is 1. The number of piperidine rings is 1. The molecule has 1 saturated heterocycles. The summed E-state index contributed by atoms with van der Waals surface area (Å²) in [4.78, 5) is 16.0. The summed E-state index contributed by atoms with van der Waals surface area (Å²) in [5.41, 5.74) is 0.815. The molecule has 2 atom stereocenters. The lowest BCUT2D eigenvalue weighted by atomic mass is 9.93. The minimum atomic E-state index is -0.178. The maximum absolute atomic E-state index is 12.0. The Labute approximate surface area is 113 Å². The molecule has 1 aromatic rings. The normalized spacial score (nSPS) is 20.3. The number of nitriles is 1. The van der Waals surface area contributed by atoms with E-state index in [0.29, 0.717) is 17.2 Å². The summed E-state index contributed by atoms with van der Waals surface area (Å²) in [5.74, 6) is 0.290. The Kier molecular flexibility index (Phi) is 4.48. The number of hydrogen-bond acceptors (Lipinski definition) is 4. The van der Waals surface area contributed by atoms with Crippen molar-refractivity contribution in [2.75, 3.05) is 13.1 Å². The lowest BCUT2D eigenvalue weighted by Crippen LogP contribution is -2.44. The molecule has 5 nitrogen and oxygen atoms in total. The number of nitrogens with zero attached hydrogens (tertiary/aromatic N) is 2. The third kappa shape index (κ3) is 3.52. The first-order valence-electron chi connectivity index (χ1n) is 6.58. The Morgan fingerprint density at radius 1 is 1.63 bits per heavy atom. The standard InChI is InChI=1S/C14H18N4O/c1-10(12-3-2-6-16-9-12)18-14(19)13-5-4-11(7-15)8-17-13/h4-5,8,10,12,16H,2-3,6,9H2,1H3,(H,18,19). The fourth-order valence-corrected chi connectivity index (χ4v) is 2.30. The van der Waals surface area contributed by atoms with Crippen LogP contribution in [0.15, 0.2) is 18.3 Å². The SMILES string of the molecule is CC(NC(=O)c1ccc(C#N)cn1)C1CCCNC1.